The first kappa shape index (κ1) is 24.4. The van der Waals surface area contributed by atoms with Gasteiger partial charge in [-0.15, -0.1) is 0 Å². The van der Waals surface area contributed by atoms with Crippen LogP contribution in [-0.4, -0.2) is 34.2 Å². The van der Waals surface area contributed by atoms with Gasteiger partial charge in [-0.2, -0.15) is 5.10 Å². The van der Waals surface area contributed by atoms with Crippen molar-refractivity contribution in [3.8, 4) is 0 Å². The zero-order chi connectivity index (χ0) is 24.2. The molecule has 1 unspecified atom stereocenters. The van der Waals surface area contributed by atoms with Crippen LogP contribution >= 0.6 is 0 Å². The topological polar surface area (TPSA) is 76.3 Å². The van der Waals surface area contributed by atoms with Crippen molar-refractivity contribution in [2.75, 3.05) is 7.05 Å². The number of rotatable bonds is 9. The summed E-state index contributed by atoms with van der Waals surface area (Å²) >= 11 is 0. The van der Waals surface area contributed by atoms with Gasteiger partial charge in [0, 0.05) is 38.5 Å². The zero-order valence-corrected chi connectivity index (χ0v) is 20.5. The highest BCUT2D eigenvalue weighted by Gasteiger charge is 2.44. The molecular formula is C27H34N4O2. The Kier molecular flexibility index (Phi) is 7.46. The third-order valence-electron chi connectivity index (χ3n) is 6.38. The highest BCUT2D eigenvalue weighted by atomic mass is 16.2. The first-order valence-electron chi connectivity index (χ1n) is 11.3. The first-order valence-corrected chi connectivity index (χ1v) is 11.3. The van der Waals surface area contributed by atoms with E-state index in [9.17, 15) is 9.59 Å². The van der Waals surface area contributed by atoms with E-state index < -0.39 is 5.41 Å². The Morgan fingerprint density at radius 2 is 2.00 bits per heavy atom. The van der Waals surface area contributed by atoms with Crippen molar-refractivity contribution in [2.24, 2.45) is 17.5 Å². The lowest BCUT2D eigenvalue weighted by molar-refractivity contribution is -0.141. The van der Waals surface area contributed by atoms with Crippen LogP contribution in [0.25, 0.3) is 6.08 Å². The number of aliphatic imine (C=N–C) groups is 1. The second kappa shape index (κ2) is 10.1. The Bertz CT molecular complexity index is 1150. The largest absolute Gasteiger partial charge is 0.351 e. The molecule has 1 aliphatic carbocycles. The number of aryl methyl sites for hydroxylation is 2. The summed E-state index contributed by atoms with van der Waals surface area (Å²) in [6, 6.07) is 8.19. The quantitative estimate of drug-likeness (QED) is 0.464. The summed E-state index contributed by atoms with van der Waals surface area (Å²) in [4.78, 5) is 31.0. The number of amides is 1. The summed E-state index contributed by atoms with van der Waals surface area (Å²) < 4.78 is 1.75. The van der Waals surface area contributed by atoms with Crippen LogP contribution in [0.1, 0.15) is 55.3 Å². The van der Waals surface area contributed by atoms with Gasteiger partial charge in [0.15, 0.2) is 0 Å². The average Bonchev–Trinajstić information content (AvgIpc) is 3.35. The molecule has 33 heavy (non-hydrogen) atoms. The summed E-state index contributed by atoms with van der Waals surface area (Å²) in [6.45, 7) is 7.65. The van der Waals surface area contributed by atoms with Crippen molar-refractivity contribution in [2.45, 2.75) is 53.5 Å². The SMILES string of the molecule is CN=C(C)/C=C(\C)CC(Cc1cc(C)nn1C)(C(C)=O)C(=O)NCc1ccc2c(c1)C=CC2. The number of nitrogens with zero attached hydrogens (tertiary/aromatic N) is 3. The minimum Gasteiger partial charge on any atom is -0.351 e. The number of allylic oxidation sites excluding steroid dienone is 3. The highest BCUT2D eigenvalue weighted by Crippen LogP contribution is 2.33. The monoisotopic (exact) mass is 446 g/mol. The predicted octanol–water partition coefficient (Wildman–Crippen LogP) is 4.16. The van der Waals surface area contributed by atoms with E-state index in [1.54, 1.807) is 11.7 Å². The maximum Gasteiger partial charge on any atom is 0.234 e. The molecule has 1 amide bonds. The van der Waals surface area contributed by atoms with Gasteiger partial charge in [-0.3, -0.25) is 19.3 Å². The van der Waals surface area contributed by atoms with E-state index in [2.05, 4.69) is 39.7 Å². The molecule has 1 aromatic carbocycles. The lowest BCUT2D eigenvalue weighted by Gasteiger charge is -2.30. The van der Waals surface area contributed by atoms with Crippen LogP contribution in [0.3, 0.4) is 0 Å². The highest BCUT2D eigenvalue weighted by molar-refractivity contribution is 6.06. The lowest BCUT2D eigenvalue weighted by Crippen LogP contribution is -2.47. The molecule has 0 bridgehead atoms. The van der Waals surface area contributed by atoms with Crippen molar-refractivity contribution in [1.82, 2.24) is 15.1 Å². The summed E-state index contributed by atoms with van der Waals surface area (Å²) in [5.74, 6) is -0.418. The Morgan fingerprint density at radius 1 is 1.24 bits per heavy atom. The molecule has 6 nitrogen and oxygen atoms in total. The van der Waals surface area contributed by atoms with Crippen molar-refractivity contribution >= 4 is 23.5 Å². The fraction of sp³-hybridized carbons (Fsp3) is 0.407. The van der Waals surface area contributed by atoms with Gasteiger partial charge >= 0.3 is 0 Å². The minimum absolute atomic E-state index is 0.158. The summed E-state index contributed by atoms with van der Waals surface area (Å²) in [5, 5.41) is 7.48. The number of carbonyl (C=O) groups is 2. The number of hydrogen-bond acceptors (Lipinski definition) is 4. The third kappa shape index (κ3) is 5.56. The predicted molar refractivity (Wildman–Crippen MR) is 133 cm³/mol. The van der Waals surface area contributed by atoms with Crippen LogP contribution in [0, 0.1) is 12.3 Å². The summed E-state index contributed by atoms with van der Waals surface area (Å²) in [7, 11) is 3.58. The van der Waals surface area contributed by atoms with Crippen molar-refractivity contribution in [3.05, 3.63) is 70.1 Å². The van der Waals surface area contributed by atoms with Gasteiger partial charge in [0.2, 0.25) is 5.91 Å². The summed E-state index contributed by atoms with van der Waals surface area (Å²) in [5.41, 5.74) is 5.78. The van der Waals surface area contributed by atoms with Crippen LogP contribution in [0.2, 0.25) is 0 Å². The van der Waals surface area contributed by atoms with E-state index in [-0.39, 0.29) is 18.1 Å². The van der Waals surface area contributed by atoms with Crippen LogP contribution < -0.4 is 5.32 Å². The first-order chi connectivity index (χ1) is 15.6. The second-order valence-corrected chi connectivity index (χ2v) is 9.07. The normalized spacial score (nSPS) is 15.3. The molecule has 3 rings (SSSR count). The van der Waals surface area contributed by atoms with Gasteiger partial charge in [0.1, 0.15) is 11.2 Å². The van der Waals surface area contributed by atoms with Gasteiger partial charge in [-0.1, -0.05) is 29.9 Å². The number of aromatic nitrogens is 2. The minimum atomic E-state index is -1.23. The van der Waals surface area contributed by atoms with Crippen LogP contribution in [0.4, 0.5) is 0 Å². The molecule has 0 saturated heterocycles. The van der Waals surface area contributed by atoms with Gasteiger partial charge in [-0.25, -0.2) is 0 Å². The molecule has 0 aliphatic heterocycles. The summed E-state index contributed by atoms with van der Waals surface area (Å²) in [6.07, 6.45) is 7.74. The van der Waals surface area contributed by atoms with E-state index in [0.717, 1.165) is 34.7 Å². The Hall–Kier alpha value is -3.28. The molecule has 1 aliphatic rings. The molecule has 174 valence electrons. The molecule has 2 aromatic rings. The van der Waals surface area contributed by atoms with E-state index in [1.807, 2.05) is 46.0 Å². The molecule has 1 N–H and O–H groups in total. The fourth-order valence-electron chi connectivity index (χ4n) is 4.48. The molecular weight excluding hydrogens is 412 g/mol. The number of ketones is 1. The maximum absolute atomic E-state index is 13.7. The second-order valence-electron chi connectivity index (χ2n) is 9.07. The standard InChI is InChI=1S/C27H34N4O2/c1-18(12-19(2)28-5)15-27(21(4)32,16-25-13-20(3)30-31(25)6)26(33)29-17-22-10-11-23-8-7-9-24(23)14-22/h7,9-14H,8,15-17H2,1-6H3,(H,29,33)/b18-12+,28-19?. The van der Waals surface area contributed by atoms with E-state index in [1.165, 1.54) is 18.1 Å². The number of hydrogen-bond donors (Lipinski definition) is 1. The van der Waals surface area contributed by atoms with Gasteiger partial charge in [-0.05, 0) is 75.4 Å². The molecule has 1 heterocycles. The third-order valence-corrected chi connectivity index (χ3v) is 6.38. The van der Waals surface area contributed by atoms with Gasteiger partial charge in [0.05, 0.1) is 5.69 Å². The van der Waals surface area contributed by atoms with Crippen LogP contribution in [0.5, 0.6) is 0 Å². The molecule has 0 spiro atoms. The number of carbonyl (C=O) groups excluding carboxylic acids is 2. The van der Waals surface area contributed by atoms with E-state index >= 15 is 0 Å². The molecule has 1 atom stereocenters. The van der Waals surface area contributed by atoms with Crippen molar-refractivity contribution < 1.29 is 9.59 Å². The Morgan fingerprint density at radius 3 is 2.64 bits per heavy atom. The molecule has 0 radical (unpaired) electrons. The number of nitrogens with one attached hydrogen (secondary N) is 1. The van der Waals surface area contributed by atoms with Crippen LogP contribution in [0.15, 0.2) is 47.0 Å². The molecule has 6 heteroatoms. The van der Waals surface area contributed by atoms with Crippen LogP contribution in [-0.2, 0) is 36.0 Å². The molecule has 0 fully saturated rings. The van der Waals surface area contributed by atoms with Crippen molar-refractivity contribution in [3.63, 3.8) is 0 Å². The van der Waals surface area contributed by atoms with E-state index in [4.69, 9.17) is 0 Å². The maximum atomic E-state index is 13.7. The number of fused-ring (bicyclic) bond motifs is 1. The molecule has 1 aromatic heterocycles. The lowest BCUT2D eigenvalue weighted by atomic mass is 9.73. The smallest absolute Gasteiger partial charge is 0.234 e. The zero-order valence-electron chi connectivity index (χ0n) is 20.5. The fourth-order valence-corrected chi connectivity index (χ4v) is 4.48. The van der Waals surface area contributed by atoms with E-state index in [0.29, 0.717) is 13.0 Å². The number of benzene rings is 1. The Labute approximate surface area is 196 Å². The van der Waals surface area contributed by atoms with Gasteiger partial charge < -0.3 is 5.32 Å². The average molecular weight is 447 g/mol. The molecule has 0 saturated carbocycles. The van der Waals surface area contributed by atoms with Crippen molar-refractivity contribution in [1.29, 1.82) is 0 Å². The van der Waals surface area contributed by atoms with Gasteiger partial charge in [0.25, 0.3) is 0 Å². The number of Topliss-reactive ketones (excluding diaryl/α,β-unsaturated/α-hetero) is 1. The Balaban J connectivity index is 1.91.